The van der Waals surface area contributed by atoms with Gasteiger partial charge in [-0.1, -0.05) is 39.7 Å². The zero-order valence-corrected chi connectivity index (χ0v) is 21.3. The molecule has 0 aromatic rings. The zero-order chi connectivity index (χ0) is 24.6. The zero-order valence-electron chi connectivity index (χ0n) is 20.5. The van der Waals surface area contributed by atoms with E-state index in [0.29, 0.717) is 32.4 Å². The number of hydrogen-bond donors (Lipinski definition) is 2. The number of hydrogen-bond acceptors (Lipinski definition) is 5. The number of carbonyl (C=O) groups excluding carboxylic acids is 2. The van der Waals surface area contributed by atoms with Crippen molar-refractivity contribution in [2.45, 2.75) is 87.8 Å². The van der Waals surface area contributed by atoms with Crippen LogP contribution in [0.4, 0.5) is 0 Å². The number of aliphatic carboxylic acids is 1. The lowest BCUT2D eigenvalue weighted by Crippen LogP contribution is -2.57. The highest BCUT2D eigenvalue weighted by Gasteiger charge is 2.78. The third-order valence-electron chi connectivity index (χ3n) is 7.75. The van der Waals surface area contributed by atoms with Crippen molar-refractivity contribution in [2.75, 3.05) is 19.7 Å². The number of fused-ring (bicyclic) bond motifs is 1. The first-order chi connectivity index (χ1) is 15.6. The normalized spacial score (nSPS) is 33.5. The maximum Gasteiger partial charge on any atom is 0.308 e. The van der Waals surface area contributed by atoms with E-state index in [1.165, 1.54) is 0 Å². The van der Waals surface area contributed by atoms with Gasteiger partial charge in [0.15, 0.2) is 0 Å². The van der Waals surface area contributed by atoms with Crippen LogP contribution in [-0.2, 0) is 14.4 Å². The standard InChI is InChI=1S/C25H40N2O5S/c1-6-8-9-13-26(12-7-2)22(30)20-25-11-10-24(5,33-25)19(23(31)32)18(25)21(29)27(20)17(15-28)14-16(3)4/h7,16-20,28H,2,6,8-15H2,1,3-5H3,(H,31,32)/t17-,18+,19-,20?,24+,25?/m1/s1. The number of carbonyl (C=O) groups is 3. The number of amides is 2. The second kappa shape index (κ2) is 9.98. The highest BCUT2D eigenvalue weighted by Crippen LogP contribution is 2.71. The molecule has 3 heterocycles. The van der Waals surface area contributed by atoms with Gasteiger partial charge < -0.3 is 20.0 Å². The summed E-state index contributed by atoms with van der Waals surface area (Å²) in [5.74, 6) is -2.72. The van der Waals surface area contributed by atoms with Crippen LogP contribution in [0.25, 0.3) is 0 Å². The van der Waals surface area contributed by atoms with E-state index in [9.17, 15) is 24.6 Å². The van der Waals surface area contributed by atoms with Crippen molar-refractivity contribution in [2.24, 2.45) is 17.8 Å². The molecule has 186 valence electrons. The Balaban J connectivity index is 2.07. The molecule has 33 heavy (non-hydrogen) atoms. The lowest BCUT2D eigenvalue weighted by atomic mass is 9.66. The molecule has 7 nitrogen and oxygen atoms in total. The Morgan fingerprint density at radius 1 is 1.33 bits per heavy atom. The minimum atomic E-state index is -0.965. The van der Waals surface area contributed by atoms with Gasteiger partial charge in [0, 0.05) is 17.8 Å². The highest BCUT2D eigenvalue weighted by molar-refractivity contribution is 8.02. The Morgan fingerprint density at radius 3 is 2.58 bits per heavy atom. The SMILES string of the molecule is C=CCN(CCCCC)C(=O)C1N([C@@H](CO)CC(C)C)C(=O)[C@@H]2[C@H](C(=O)O)[C@]3(C)CCC12S3. The highest BCUT2D eigenvalue weighted by atomic mass is 32.2. The first-order valence-corrected chi connectivity index (χ1v) is 13.1. The average molecular weight is 481 g/mol. The summed E-state index contributed by atoms with van der Waals surface area (Å²) in [5.41, 5.74) is 0. The van der Waals surface area contributed by atoms with Gasteiger partial charge in [-0.15, -0.1) is 18.3 Å². The molecule has 1 spiro atoms. The Morgan fingerprint density at radius 2 is 2.03 bits per heavy atom. The number of carboxylic acid groups (broad SMARTS) is 1. The first-order valence-electron chi connectivity index (χ1n) is 12.3. The summed E-state index contributed by atoms with van der Waals surface area (Å²) in [7, 11) is 0. The first kappa shape index (κ1) is 26.1. The summed E-state index contributed by atoms with van der Waals surface area (Å²) in [6, 6.07) is -1.27. The van der Waals surface area contributed by atoms with Crippen molar-refractivity contribution < 1.29 is 24.6 Å². The summed E-state index contributed by atoms with van der Waals surface area (Å²) in [5, 5.41) is 20.4. The number of unbranched alkanes of at least 4 members (excludes halogenated alkanes) is 2. The molecule has 2 N–H and O–H groups in total. The van der Waals surface area contributed by atoms with E-state index >= 15 is 0 Å². The number of likely N-dealkylation sites (tertiary alicyclic amines) is 1. The molecule has 2 amide bonds. The lowest BCUT2D eigenvalue weighted by Gasteiger charge is -2.40. The number of aliphatic hydroxyl groups is 1. The van der Waals surface area contributed by atoms with Crippen LogP contribution in [0.1, 0.15) is 66.2 Å². The van der Waals surface area contributed by atoms with E-state index in [-0.39, 0.29) is 24.3 Å². The van der Waals surface area contributed by atoms with E-state index in [0.717, 1.165) is 19.3 Å². The molecule has 3 saturated heterocycles. The van der Waals surface area contributed by atoms with Gasteiger partial charge in [0.2, 0.25) is 11.8 Å². The minimum Gasteiger partial charge on any atom is -0.481 e. The molecule has 3 rings (SSSR count). The summed E-state index contributed by atoms with van der Waals surface area (Å²) in [6.07, 6.45) is 6.47. The van der Waals surface area contributed by atoms with Crippen LogP contribution in [0.15, 0.2) is 12.7 Å². The molecular weight excluding hydrogens is 440 g/mol. The van der Waals surface area contributed by atoms with Crippen LogP contribution in [0, 0.1) is 17.8 Å². The van der Waals surface area contributed by atoms with Crippen LogP contribution in [-0.4, -0.2) is 79.1 Å². The predicted octanol–water partition coefficient (Wildman–Crippen LogP) is 3.16. The molecule has 0 radical (unpaired) electrons. The number of carboxylic acids is 1. The maximum atomic E-state index is 14.1. The van der Waals surface area contributed by atoms with Crippen LogP contribution < -0.4 is 0 Å². The molecule has 2 bridgehead atoms. The van der Waals surface area contributed by atoms with Crippen LogP contribution in [0.2, 0.25) is 0 Å². The maximum absolute atomic E-state index is 14.1. The molecule has 8 heteroatoms. The van der Waals surface area contributed by atoms with E-state index in [2.05, 4.69) is 13.5 Å². The second-order valence-corrected chi connectivity index (χ2v) is 12.5. The largest absolute Gasteiger partial charge is 0.481 e. The predicted molar refractivity (Wildman–Crippen MR) is 130 cm³/mol. The van der Waals surface area contributed by atoms with Gasteiger partial charge in [-0.25, -0.2) is 0 Å². The van der Waals surface area contributed by atoms with Crippen molar-refractivity contribution in [3.63, 3.8) is 0 Å². The molecule has 3 fully saturated rings. The second-order valence-electron chi connectivity index (χ2n) is 10.6. The van der Waals surface area contributed by atoms with Crippen LogP contribution >= 0.6 is 11.8 Å². The molecule has 0 aliphatic carbocycles. The fourth-order valence-corrected chi connectivity index (χ4v) is 8.74. The Bertz CT molecular complexity index is 789. The molecule has 0 aromatic heterocycles. The van der Waals surface area contributed by atoms with E-state index in [1.54, 1.807) is 27.6 Å². The fraction of sp³-hybridized carbons (Fsp3) is 0.800. The summed E-state index contributed by atoms with van der Waals surface area (Å²) < 4.78 is -1.32. The molecule has 6 atom stereocenters. The molecule has 2 unspecified atom stereocenters. The van der Waals surface area contributed by atoms with E-state index < -0.39 is 39.4 Å². The van der Waals surface area contributed by atoms with Gasteiger partial charge in [-0.3, -0.25) is 14.4 Å². The molecule has 3 aliphatic rings. The lowest BCUT2D eigenvalue weighted by molar-refractivity contribution is -0.151. The molecule has 3 aliphatic heterocycles. The number of thioether (sulfide) groups is 1. The van der Waals surface area contributed by atoms with Gasteiger partial charge in [0.25, 0.3) is 0 Å². The van der Waals surface area contributed by atoms with Gasteiger partial charge in [-0.2, -0.15) is 0 Å². The quantitative estimate of drug-likeness (QED) is 0.329. The third-order valence-corrected chi connectivity index (χ3v) is 9.74. The Labute approximate surface area is 202 Å². The molecule has 0 saturated carbocycles. The third kappa shape index (κ3) is 4.33. The molecular formula is C25H40N2O5S. The van der Waals surface area contributed by atoms with Crippen LogP contribution in [0.3, 0.4) is 0 Å². The average Bonchev–Trinajstić information content (AvgIpc) is 3.31. The topological polar surface area (TPSA) is 98.2 Å². The number of rotatable bonds is 12. The van der Waals surface area contributed by atoms with Crippen molar-refractivity contribution >= 4 is 29.5 Å². The smallest absolute Gasteiger partial charge is 0.308 e. The van der Waals surface area contributed by atoms with E-state index in [1.807, 2.05) is 20.8 Å². The van der Waals surface area contributed by atoms with Gasteiger partial charge >= 0.3 is 5.97 Å². The minimum absolute atomic E-state index is 0.133. The van der Waals surface area contributed by atoms with Gasteiger partial charge in [-0.05, 0) is 38.5 Å². The van der Waals surface area contributed by atoms with Gasteiger partial charge in [0.1, 0.15) is 6.04 Å². The monoisotopic (exact) mass is 480 g/mol. The summed E-state index contributed by atoms with van der Waals surface area (Å²) >= 11 is 1.54. The van der Waals surface area contributed by atoms with Crippen molar-refractivity contribution in [3.8, 4) is 0 Å². The van der Waals surface area contributed by atoms with Gasteiger partial charge in [0.05, 0.1) is 29.2 Å². The van der Waals surface area contributed by atoms with Crippen molar-refractivity contribution in [1.82, 2.24) is 9.80 Å². The Kier molecular flexibility index (Phi) is 7.89. The van der Waals surface area contributed by atoms with Crippen molar-refractivity contribution in [1.29, 1.82) is 0 Å². The number of aliphatic hydroxyl groups excluding tert-OH is 1. The summed E-state index contributed by atoms with van der Waals surface area (Å²) in [6.45, 7) is 12.6. The Hall–Kier alpha value is -1.54. The molecule has 0 aromatic carbocycles. The number of nitrogens with zero attached hydrogens (tertiary/aromatic N) is 2. The van der Waals surface area contributed by atoms with Crippen molar-refractivity contribution in [3.05, 3.63) is 12.7 Å². The summed E-state index contributed by atoms with van der Waals surface area (Å²) in [4.78, 5) is 43.8. The van der Waals surface area contributed by atoms with Crippen LogP contribution in [0.5, 0.6) is 0 Å². The fourth-order valence-electron chi connectivity index (χ4n) is 6.41. The van der Waals surface area contributed by atoms with E-state index in [4.69, 9.17) is 0 Å².